The van der Waals surface area contributed by atoms with E-state index in [2.05, 4.69) is 17.4 Å². The Labute approximate surface area is 144 Å². The van der Waals surface area contributed by atoms with Crippen LogP contribution in [0.5, 0.6) is 0 Å². The van der Waals surface area contributed by atoms with Gasteiger partial charge in [0, 0.05) is 13.1 Å². The summed E-state index contributed by atoms with van der Waals surface area (Å²) in [4.78, 5) is 26.8. The summed E-state index contributed by atoms with van der Waals surface area (Å²) in [7, 11) is 0. The number of nitrogens with one attached hydrogen (secondary N) is 1. The molecule has 132 valence electrons. The fourth-order valence-corrected chi connectivity index (χ4v) is 2.83. The Bertz CT molecular complexity index is 605. The Morgan fingerprint density at radius 2 is 1.79 bits per heavy atom. The average Bonchev–Trinajstić information content (AvgIpc) is 2.49. The lowest BCUT2D eigenvalue weighted by atomic mass is 9.97. The highest BCUT2D eigenvalue weighted by Gasteiger charge is 2.31. The van der Waals surface area contributed by atoms with E-state index in [1.54, 1.807) is 20.8 Å². The molecule has 1 aromatic carbocycles. The summed E-state index contributed by atoms with van der Waals surface area (Å²) in [5.74, 6) is -0.0625. The van der Waals surface area contributed by atoms with Crippen LogP contribution >= 0.6 is 0 Å². The molecule has 5 heteroatoms. The number of nitrogens with zero attached hydrogens (tertiary/aromatic N) is 1. The molecule has 1 aliphatic heterocycles. The first-order chi connectivity index (χ1) is 11.2. The monoisotopic (exact) mass is 332 g/mol. The van der Waals surface area contributed by atoms with Crippen LogP contribution in [0, 0.1) is 5.92 Å². The van der Waals surface area contributed by atoms with Gasteiger partial charge in [-0.25, -0.2) is 4.79 Å². The molecular weight excluding hydrogens is 304 g/mol. The van der Waals surface area contributed by atoms with Crippen LogP contribution in [-0.4, -0.2) is 35.1 Å². The minimum Gasteiger partial charge on any atom is -0.444 e. The van der Waals surface area contributed by atoms with Gasteiger partial charge in [0.15, 0.2) is 0 Å². The summed E-state index contributed by atoms with van der Waals surface area (Å²) < 4.78 is 5.29. The third-order valence-electron chi connectivity index (χ3n) is 4.05. The van der Waals surface area contributed by atoms with Gasteiger partial charge in [-0.2, -0.15) is 0 Å². The standard InChI is InChI=1S/C19H28N2O3/c1-13(2)16(20-18(23)24-19(3,4)5)17(22)21-11-10-14-8-6-7-9-15(14)12-21/h6-9,13,16H,10-12H2,1-5H3,(H,20,23)/t16-/m0/s1. The molecule has 0 spiro atoms. The van der Waals surface area contributed by atoms with E-state index in [0.717, 1.165) is 6.42 Å². The fraction of sp³-hybridized carbons (Fsp3) is 0.579. The molecule has 0 radical (unpaired) electrons. The molecule has 0 bridgehead atoms. The van der Waals surface area contributed by atoms with E-state index in [0.29, 0.717) is 13.1 Å². The van der Waals surface area contributed by atoms with Crippen molar-refractivity contribution in [1.29, 1.82) is 0 Å². The second-order valence-electron chi connectivity index (χ2n) is 7.65. The van der Waals surface area contributed by atoms with E-state index in [1.165, 1.54) is 11.1 Å². The molecule has 2 amide bonds. The summed E-state index contributed by atoms with van der Waals surface area (Å²) in [6, 6.07) is 7.60. The highest BCUT2D eigenvalue weighted by atomic mass is 16.6. The first kappa shape index (κ1) is 18.3. The number of amides is 2. The SMILES string of the molecule is CC(C)[C@H](NC(=O)OC(C)(C)C)C(=O)N1CCc2ccccc2C1. The fourth-order valence-electron chi connectivity index (χ4n) is 2.83. The smallest absolute Gasteiger partial charge is 0.408 e. The van der Waals surface area contributed by atoms with Crippen molar-refractivity contribution in [2.24, 2.45) is 5.92 Å². The molecule has 0 saturated carbocycles. The van der Waals surface area contributed by atoms with Crippen LogP contribution in [0.3, 0.4) is 0 Å². The second kappa shape index (κ2) is 7.24. The lowest BCUT2D eigenvalue weighted by Crippen LogP contribution is -2.53. The van der Waals surface area contributed by atoms with Gasteiger partial charge >= 0.3 is 6.09 Å². The normalized spacial score (nSPS) is 15.7. The molecule has 5 nitrogen and oxygen atoms in total. The molecule has 2 rings (SSSR count). The second-order valence-corrected chi connectivity index (χ2v) is 7.65. The number of benzene rings is 1. The van der Waals surface area contributed by atoms with Crippen LogP contribution in [0.25, 0.3) is 0 Å². The molecular formula is C19H28N2O3. The van der Waals surface area contributed by atoms with Crippen LogP contribution in [-0.2, 0) is 22.5 Å². The van der Waals surface area contributed by atoms with Gasteiger partial charge in [0.2, 0.25) is 5.91 Å². The zero-order chi connectivity index (χ0) is 17.9. The molecule has 1 aromatic rings. The number of fused-ring (bicyclic) bond motifs is 1. The van der Waals surface area contributed by atoms with Gasteiger partial charge in [-0.15, -0.1) is 0 Å². The quantitative estimate of drug-likeness (QED) is 0.925. The minimum atomic E-state index is -0.585. The number of hydrogen-bond acceptors (Lipinski definition) is 3. The average molecular weight is 332 g/mol. The van der Waals surface area contributed by atoms with E-state index in [1.807, 2.05) is 30.9 Å². The molecule has 0 fully saturated rings. The predicted molar refractivity (Wildman–Crippen MR) is 93.6 cm³/mol. The molecule has 1 N–H and O–H groups in total. The van der Waals surface area contributed by atoms with E-state index in [9.17, 15) is 9.59 Å². The van der Waals surface area contributed by atoms with E-state index in [4.69, 9.17) is 4.74 Å². The lowest BCUT2D eigenvalue weighted by molar-refractivity contribution is -0.135. The van der Waals surface area contributed by atoms with Crippen LogP contribution < -0.4 is 5.32 Å². The first-order valence-corrected chi connectivity index (χ1v) is 8.52. The third-order valence-corrected chi connectivity index (χ3v) is 4.05. The molecule has 1 atom stereocenters. The number of alkyl carbamates (subject to hydrolysis) is 1. The van der Waals surface area contributed by atoms with Crippen molar-refractivity contribution < 1.29 is 14.3 Å². The Morgan fingerprint density at radius 1 is 1.17 bits per heavy atom. The van der Waals surface area contributed by atoms with Crippen molar-refractivity contribution in [2.75, 3.05) is 6.54 Å². The maximum Gasteiger partial charge on any atom is 0.408 e. The largest absolute Gasteiger partial charge is 0.444 e. The van der Waals surface area contributed by atoms with E-state index in [-0.39, 0.29) is 11.8 Å². The summed E-state index contributed by atoms with van der Waals surface area (Å²) in [5.41, 5.74) is 1.89. The van der Waals surface area contributed by atoms with Crippen LogP contribution in [0.4, 0.5) is 4.79 Å². The molecule has 1 aliphatic rings. The van der Waals surface area contributed by atoms with E-state index >= 15 is 0 Å². The summed E-state index contributed by atoms with van der Waals surface area (Å²) in [6.07, 6.45) is 0.297. The number of rotatable bonds is 3. The third kappa shape index (κ3) is 4.73. The van der Waals surface area contributed by atoms with Gasteiger partial charge < -0.3 is 15.0 Å². The van der Waals surface area contributed by atoms with Gasteiger partial charge in [-0.05, 0) is 44.2 Å². The Morgan fingerprint density at radius 3 is 2.38 bits per heavy atom. The molecule has 0 unspecified atom stereocenters. The molecule has 0 aromatic heterocycles. The zero-order valence-electron chi connectivity index (χ0n) is 15.3. The molecule has 0 aliphatic carbocycles. The lowest BCUT2D eigenvalue weighted by Gasteiger charge is -2.33. The summed E-state index contributed by atoms with van der Waals surface area (Å²) in [5, 5.41) is 2.74. The van der Waals surface area contributed by atoms with Crippen LogP contribution in [0.1, 0.15) is 45.7 Å². The zero-order valence-corrected chi connectivity index (χ0v) is 15.3. The summed E-state index contributed by atoms with van der Waals surface area (Å²) in [6.45, 7) is 10.5. The minimum absolute atomic E-state index is 0.0119. The highest BCUT2D eigenvalue weighted by Crippen LogP contribution is 2.20. The van der Waals surface area contributed by atoms with Crippen molar-refractivity contribution >= 4 is 12.0 Å². The van der Waals surface area contributed by atoms with Gasteiger partial charge in [0.25, 0.3) is 0 Å². The summed E-state index contributed by atoms with van der Waals surface area (Å²) >= 11 is 0. The van der Waals surface area contributed by atoms with Crippen molar-refractivity contribution in [3.63, 3.8) is 0 Å². The van der Waals surface area contributed by atoms with Gasteiger partial charge in [0.05, 0.1) is 0 Å². The van der Waals surface area contributed by atoms with Crippen LogP contribution in [0.15, 0.2) is 24.3 Å². The molecule has 1 heterocycles. The number of ether oxygens (including phenoxy) is 1. The number of carbonyl (C=O) groups is 2. The number of hydrogen-bond donors (Lipinski definition) is 1. The van der Waals surface area contributed by atoms with Crippen molar-refractivity contribution in [3.05, 3.63) is 35.4 Å². The molecule has 24 heavy (non-hydrogen) atoms. The van der Waals surface area contributed by atoms with Crippen molar-refractivity contribution in [2.45, 2.75) is 59.2 Å². The Balaban J connectivity index is 2.06. The topological polar surface area (TPSA) is 58.6 Å². The van der Waals surface area contributed by atoms with E-state index < -0.39 is 17.7 Å². The Hall–Kier alpha value is -2.04. The highest BCUT2D eigenvalue weighted by molar-refractivity contribution is 5.86. The maximum atomic E-state index is 12.9. The van der Waals surface area contributed by atoms with Crippen molar-refractivity contribution in [3.8, 4) is 0 Å². The molecule has 0 saturated heterocycles. The van der Waals surface area contributed by atoms with Gasteiger partial charge in [-0.1, -0.05) is 38.1 Å². The van der Waals surface area contributed by atoms with Gasteiger partial charge in [-0.3, -0.25) is 4.79 Å². The number of carbonyl (C=O) groups excluding carboxylic acids is 2. The first-order valence-electron chi connectivity index (χ1n) is 8.52. The van der Waals surface area contributed by atoms with Gasteiger partial charge in [0.1, 0.15) is 11.6 Å². The maximum absolute atomic E-state index is 12.9. The van der Waals surface area contributed by atoms with Crippen molar-refractivity contribution in [1.82, 2.24) is 10.2 Å². The van der Waals surface area contributed by atoms with Crippen LogP contribution in [0.2, 0.25) is 0 Å². The predicted octanol–water partition coefficient (Wildman–Crippen LogP) is 3.12. The Kier molecular flexibility index (Phi) is 5.52.